The lowest BCUT2D eigenvalue weighted by atomic mass is 9.92. The van der Waals surface area contributed by atoms with E-state index in [0.717, 1.165) is 0 Å². The standard InChI is InChI=1S/C14H28N2O/c1-10(2)11(3)16-13(17)9-15-12-6-7-14(4,5)8-12/h10-12,15H,6-9H2,1-5H3,(H,16,17). The van der Waals surface area contributed by atoms with Crippen molar-refractivity contribution in [1.82, 2.24) is 10.6 Å². The second-order valence-electron chi connectivity index (χ2n) is 6.59. The zero-order chi connectivity index (χ0) is 13.1. The Morgan fingerprint density at radius 1 is 1.35 bits per heavy atom. The molecule has 0 aliphatic heterocycles. The molecule has 3 nitrogen and oxygen atoms in total. The zero-order valence-electron chi connectivity index (χ0n) is 12.0. The minimum absolute atomic E-state index is 0.121. The van der Waals surface area contributed by atoms with Crippen LogP contribution in [0.3, 0.4) is 0 Å². The lowest BCUT2D eigenvalue weighted by molar-refractivity contribution is -0.121. The Balaban J connectivity index is 2.21. The van der Waals surface area contributed by atoms with Gasteiger partial charge in [0.1, 0.15) is 0 Å². The first-order valence-electron chi connectivity index (χ1n) is 6.83. The molecular weight excluding hydrogens is 212 g/mol. The smallest absolute Gasteiger partial charge is 0.234 e. The highest BCUT2D eigenvalue weighted by Crippen LogP contribution is 2.36. The maximum Gasteiger partial charge on any atom is 0.234 e. The molecule has 2 unspecified atom stereocenters. The summed E-state index contributed by atoms with van der Waals surface area (Å²) in [6.45, 7) is 11.4. The average molecular weight is 240 g/mol. The molecule has 0 heterocycles. The van der Waals surface area contributed by atoms with Crippen LogP contribution < -0.4 is 10.6 Å². The molecular formula is C14H28N2O. The van der Waals surface area contributed by atoms with Gasteiger partial charge in [0.05, 0.1) is 6.54 Å². The van der Waals surface area contributed by atoms with Crippen LogP contribution in [0.15, 0.2) is 0 Å². The van der Waals surface area contributed by atoms with Crippen LogP contribution in [0, 0.1) is 11.3 Å². The predicted molar refractivity (Wildman–Crippen MR) is 71.9 cm³/mol. The van der Waals surface area contributed by atoms with Crippen molar-refractivity contribution in [3.8, 4) is 0 Å². The van der Waals surface area contributed by atoms with Gasteiger partial charge >= 0.3 is 0 Å². The minimum Gasteiger partial charge on any atom is -0.352 e. The van der Waals surface area contributed by atoms with Crippen LogP contribution >= 0.6 is 0 Å². The Labute approximate surface area is 106 Å². The molecule has 0 spiro atoms. The first-order valence-corrected chi connectivity index (χ1v) is 6.83. The quantitative estimate of drug-likeness (QED) is 0.774. The highest BCUT2D eigenvalue weighted by Gasteiger charge is 2.30. The number of carbonyl (C=O) groups excluding carboxylic acids is 1. The lowest BCUT2D eigenvalue weighted by Gasteiger charge is -2.20. The average Bonchev–Trinajstić information content (AvgIpc) is 2.55. The van der Waals surface area contributed by atoms with Crippen molar-refractivity contribution in [2.45, 2.75) is 66.0 Å². The van der Waals surface area contributed by atoms with Crippen LogP contribution in [0.1, 0.15) is 53.9 Å². The first-order chi connectivity index (χ1) is 7.80. The number of rotatable bonds is 5. The van der Waals surface area contributed by atoms with Crippen LogP contribution in [0.2, 0.25) is 0 Å². The predicted octanol–water partition coefficient (Wildman–Crippen LogP) is 2.32. The SMILES string of the molecule is CC(C)C(C)NC(=O)CNC1CCC(C)(C)C1. The monoisotopic (exact) mass is 240 g/mol. The number of amides is 1. The number of carbonyl (C=O) groups is 1. The van der Waals surface area contributed by atoms with Gasteiger partial charge in [-0.2, -0.15) is 0 Å². The van der Waals surface area contributed by atoms with Crippen molar-refractivity contribution in [1.29, 1.82) is 0 Å². The Hall–Kier alpha value is -0.570. The number of hydrogen-bond donors (Lipinski definition) is 2. The van der Waals surface area contributed by atoms with E-state index in [4.69, 9.17) is 0 Å². The van der Waals surface area contributed by atoms with Gasteiger partial charge in [-0.25, -0.2) is 0 Å². The summed E-state index contributed by atoms with van der Waals surface area (Å²) in [6.07, 6.45) is 3.63. The summed E-state index contributed by atoms with van der Waals surface area (Å²) in [6, 6.07) is 0.773. The van der Waals surface area contributed by atoms with Crippen molar-refractivity contribution >= 4 is 5.91 Å². The van der Waals surface area contributed by atoms with Crippen LogP contribution in [-0.4, -0.2) is 24.5 Å². The van der Waals surface area contributed by atoms with Gasteiger partial charge in [-0.05, 0) is 37.5 Å². The van der Waals surface area contributed by atoms with Gasteiger partial charge in [0.25, 0.3) is 0 Å². The van der Waals surface area contributed by atoms with Crippen molar-refractivity contribution < 1.29 is 4.79 Å². The molecule has 3 heteroatoms. The van der Waals surface area contributed by atoms with E-state index in [1.807, 2.05) is 0 Å². The van der Waals surface area contributed by atoms with Gasteiger partial charge in [-0.3, -0.25) is 4.79 Å². The van der Waals surface area contributed by atoms with Crippen molar-refractivity contribution in [3.05, 3.63) is 0 Å². The molecule has 0 bridgehead atoms. The summed E-state index contributed by atoms with van der Waals surface area (Å²) in [5.41, 5.74) is 0.444. The fraction of sp³-hybridized carbons (Fsp3) is 0.929. The Kier molecular flexibility index (Phi) is 4.99. The molecule has 1 saturated carbocycles. The maximum atomic E-state index is 11.7. The van der Waals surface area contributed by atoms with Crippen molar-refractivity contribution in [3.63, 3.8) is 0 Å². The van der Waals surface area contributed by atoms with Gasteiger partial charge in [0, 0.05) is 12.1 Å². The topological polar surface area (TPSA) is 41.1 Å². The molecule has 1 rings (SSSR count). The molecule has 1 fully saturated rings. The second kappa shape index (κ2) is 5.85. The molecule has 1 aliphatic carbocycles. The minimum atomic E-state index is 0.121. The van der Waals surface area contributed by atoms with E-state index in [2.05, 4.69) is 45.3 Å². The van der Waals surface area contributed by atoms with Gasteiger partial charge in [-0.1, -0.05) is 27.7 Å². The molecule has 1 amide bonds. The van der Waals surface area contributed by atoms with Crippen LogP contribution in [0.5, 0.6) is 0 Å². The molecule has 0 aromatic carbocycles. The molecule has 0 aromatic rings. The van der Waals surface area contributed by atoms with Crippen molar-refractivity contribution in [2.24, 2.45) is 11.3 Å². The Morgan fingerprint density at radius 2 is 2.00 bits per heavy atom. The Bertz CT molecular complexity index is 261. The third kappa shape index (κ3) is 5.07. The van der Waals surface area contributed by atoms with E-state index < -0.39 is 0 Å². The van der Waals surface area contributed by atoms with Gasteiger partial charge in [-0.15, -0.1) is 0 Å². The van der Waals surface area contributed by atoms with Crippen molar-refractivity contribution in [2.75, 3.05) is 6.54 Å². The Morgan fingerprint density at radius 3 is 2.47 bits per heavy atom. The van der Waals surface area contributed by atoms with Gasteiger partial charge in [0.2, 0.25) is 5.91 Å². The van der Waals surface area contributed by atoms with Crippen LogP contribution in [0.4, 0.5) is 0 Å². The van der Waals surface area contributed by atoms with Gasteiger partial charge in [0.15, 0.2) is 0 Å². The largest absolute Gasteiger partial charge is 0.352 e. The molecule has 1 aliphatic rings. The van der Waals surface area contributed by atoms with E-state index in [1.54, 1.807) is 0 Å². The van der Waals surface area contributed by atoms with Crippen LogP contribution in [-0.2, 0) is 4.79 Å². The highest BCUT2D eigenvalue weighted by atomic mass is 16.1. The fourth-order valence-electron chi connectivity index (χ4n) is 2.32. The zero-order valence-corrected chi connectivity index (χ0v) is 12.0. The normalized spacial score (nSPS) is 24.9. The third-order valence-corrected chi connectivity index (χ3v) is 3.91. The number of nitrogens with one attached hydrogen (secondary N) is 2. The fourth-order valence-corrected chi connectivity index (χ4v) is 2.32. The summed E-state index contributed by atoms with van der Waals surface area (Å²) < 4.78 is 0. The van der Waals surface area contributed by atoms with E-state index >= 15 is 0 Å². The van der Waals surface area contributed by atoms with E-state index in [-0.39, 0.29) is 11.9 Å². The highest BCUT2D eigenvalue weighted by molar-refractivity contribution is 5.78. The molecule has 0 aromatic heterocycles. The molecule has 0 saturated heterocycles. The van der Waals surface area contributed by atoms with E-state index in [0.29, 0.717) is 23.9 Å². The summed E-state index contributed by atoms with van der Waals surface area (Å²) >= 11 is 0. The second-order valence-corrected chi connectivity index (χ2v) is 6.59. The van der Waals surface area contributed by atoms with Crippen LogP contribution in [0.25, 0.3) is 0 Å². The van der Waals surface area contributed by atoms with E-state index in [1.165, 1.54) is 19.3 Å². The maximum absolute atomic E-state index is 11.7. The molecule has 100 valence electrons. The molecule has 0 radical (unpaired) electrons. The lowest BCUT2D eigenvalue weighted by Crippen LogP contribution is -2.43. The molecule has 2 atom stereocenters. The molecule has 17 heavy (non-hydrogen) atoms. The number of hydrogen-bond acceptors (Lipinski definition) is 2. The summed E-state index contributed by atoms with van der Waals surface area (Å²) in [4.78, 5) is 11.7. The van der Waals surface area contributed by atoms with E-state index in [9.17, 15) is 4.79 Å². The van der Waals surface area contributed by atoms with Gasteiger partial charge < -0.3 is 10.6 Å². The first kappa shape index (κ1) is 14.5. The summed E-state index contributed by atoms with van der Waals surface area (Å²) in [5, 5.41) is 6.39. The third-order valence-electron chi connectivity index (χ3n) is 3.91. The molecule has 2 N–H and O–H groups in total. The summed E-state index contributed by atoms with van der Waals surface area (Å²) in [5.74, 6) is 0.611. The summed E-state index contributed by atoms with van der Waals surface area (Å²) in [7, 11) is 0.